The Morgan fingerprint density at radius 3 is 2.69 bits per heavy atom. The largest absolute Gasteiger partial charge is 0.395 e. The lowest BCUT2D eigenvalue weighted by Gasteiger charge is -2.36. The number of aliphatic hydroxyl groups excluding tert-OH is 1. The molecule has 0 aromatic rings. The molecule has 0 spiro atoms. The second-order valence-electron chi connectivity index (χ2n) is 4.62. The molecule has 1 aliphatic rings. The van der Waals surface area contributed by atoms with Crippen molar-refractivity contribution in [3.63, 3.8) is 0 Å². The van der Waals surface area contributed by atoms with Crippen molar-refractivity contribution in [3.05, 3.63) is 0 Å². The second-order valence-corrected chi connectivity index (χ2v) is 4.62. The van der Waals surface area contributed by atoms with Crippen LogP contribution in [-0.4, -0.2) is 23.8 Å². The van der Waals surface area contributed by atoms with Gasteiger partial charge in [-0.1, -0.05) is 26.7 Å². The molecule has 0 aliphatic heterocycles. The molecule has 0 aromatic heterocycles. The monoisotopic (exact) mass is 185 g/mol. The number of rotatable bonds is 3. The molecule has 3 unspecified atom stereocenters. The topological polar surface area (TPSA) is 32.3 Å². The molecule has 1 rings (SSSR count). The smallest absolute Gasteiger partial charge is 0.0582 e. The molecule has 2 N–H and O–H groups in total. The van der Waals surface area contributed by atoms with Gasteiger partial charge in [0.05, 0.1) is 6.61 Å². The van der Waals surface area contributed by atoms with Crippen molar-refractivity contribution in [2.45, 2.75) is 52.1 Å². The van der Waals surface area contributed by atoms with Crippen LogP contribution in [0.3, 0.4) is 0 Å². The van der Waals surface area contributed by atoms with Gasteiger partial charge in [0.2, 0.25) is 0 Å². The molecule has 0 heterocycles. The van der Waals surface area contributed by atoms with Gasteiger partial charge >= 0.3 is 0 Å². The molecular weight excluding hydrogens is 162 g/mol. The Hall–Kier alpha value is -0.0800. The van der Waals surface area contributed by atoms with Crippen LogP contribution in [0.15, 0.2) is 0 Å². The summed E-state index contributed by atoms with van der Waals surface area (Å²) >= 11 is 0. The first-order valence-electron chi connectivity index (χ1n) is 5.52. The Bertz CT molecular complexity index is 149. The molecule has 0 bridgehead atoms. The standard InChI is InChI=1S/C11H23NO/c1-8-5-4-6-11(10(8)3)12-9(2)7-13/h8-13H,4-7H2,1-3H3/t8?,9-,10?,11?/m0/s1. The van der Waals surface area contributed by atoms with E-state index in [2.05, 4.69) is 19.2 Å². The summed E-state index contributed by atoms with van der Waals surface area (Å²) in [5.41, 5.74) is 0. The molecule has 0 amide bonds. The van der Waals surface area contributed by atoms with Gasteiger partial charge < -0.3 is 10.4 Å². The Labute approximate surface area is 81.7 Å². The second kappa shape index (κ2) is 4.97. The van der Waals surface area contributed by atoms with Crippen LogP contribution in [0.2, 0.25) is 0 Å². The highest BCUT2D eigenvalue weighted by Crippen LogP contribution is 2.29. The van der Waals surface area contributed by atoms with Crippen LogP contribution >= 0.6 is 0 Å². The summed E-state index contributed by atoms with van der Waals surface area (Å²) in [6, 6.07) is 0.864. The van der Waals surface area contributed by atoms with E-state index < -0.39 is 0 Å². The molecule has 1 fully saturated rings. The molecule has 4 atom stereocenters. The normalized spacial score (nSPS) is 37.4. The zero-order valence-corrected chi connectivity index (χ0v) is 9.09. The summed E-state index contributed by atoms with van der Waals surface area (Å²) in [6.45, 7) is 6.96. The number of nitrogens with one attached hydrogen (secondary N) is 1. The fraction of sp³-hybridized carbons (Fsp3) is 1.00. The average molecular weight is 185 g/mol. The van der Waals surface area contributed by atoms with Gasteiger partial charge in [-0.15, -0.1) is 0 Å². The third kappa shape index (κ3) is 2.96. The van der Waals surface area contributed by atoms with Crippen LogP contribution < -0.4 is 5.32 Å². The van der Waals surface area contributed by atoms with E-state index >= 15 is 0 Å². The molecule has 1 saturated carbocycles. The highest BCUT2D eigenvalue weighted by Gasteiger charge is 2.27. The number of hydrogen-bond acceptors (Lipinski definition) is 2. The van der Waals surface area contributed by atoms with Crippen LogP contribution in [-0.2, 0) is 0 Å². The lowest BCUT2D eigenvalue weighted by molar-refractivity contribution is 0.170. The molecule has 78 valence electrons. The van der Waals surface area contributed by atoms with Crippen molar-refractivity contribution < 1.29 is 5.11 Å². The Morgan fingerprint density at radius 2 is 2.08 bits per heavy atom. The fourth-order valence-corrected chi connectivity index (χ4v) is 2.24. The maximum absolute atomic E-state index is 8.96. The van der Waals surface area contributed by atoms with E-state index in [-0.39, 0.29) is 12.6 Å². The molecule has 0 radical (unpaired) electrons. The molecule has 2 heteroatoms. The Morgan fingerprint density at radius 1 is 1.38 bits per heavy atom. The van der Waals surface area contributed by atoms with Gasteiger partial charge in [-0.2, -0.15) is 0 Å². The first-order chi connectivity index (χ1) is 6.15. The van der Waals surface area contributed by atoms with Crippen molar-refractivity contribution >= 4 is 0 Å². The predicted molar refractivity (Wildman–Crippen MR) is 55.7 cm³/mol. The SMILES string of the molecule is CC1CCCC(N[C@@H](C)CO)C1C. The van der Waals surface area contributed by atoms with Gasteiger partial charge in [-0.3, -0.25) is 0 Å². The van der Waals surface area contributed by atoms with Crippen LogP contribution in [0.4, 0.5) is 0 Å². The van der Waals surface area contributed by atoms with Gasteiger partial charge in [0.15, 0.2) is 0 Å². The van der Waals surface area contributed by atoms with E-state index in [4.69, 9.17) is 5.11 Å². The van der Waals surface area contributed by atoms with Crippen molar-refractivity contribution in [1.29, 1.82) is 0 Å². The first-order valence-corrected chi connectivity index (χ1v) is 5.52. The van der Waals surface area contributed by atoms with Gasteiger partial charge in [0.1, 0.15) is 0 Å². The average Bonchev–Trinajstić information content (AvgIpc) is 2.13. The van der Waals surface area contributed by atoms with Crippen molar-refractivity contribution in [1.82, 2.24) is 5.32 Å². The first kappa shape index (κ1) is 11.0. The minimum absolute atomic E-state index is 0.248. The zero-order valence-electron chi connectivity index (χ0n) is 9.09. The molecule has 13 heavy (non-hydrogen) atoms. The third-order valence-corrected chi connectivity index (χ3v) is 3.48. The van der Waals surface area contributed by atoms with Gasteiger partial charge in [-0.05, 0) is 25.2 Å². The highest BCUT2D eigenvalue weighted by atomic mass is 16.3. The summed E-state index contributed by atoms with van der Waals surface area (Å²) in [4.78, 5) is 0. The van der Waals surface area contributed by atoms with Crippen LogP contribution in [0.5, 0.6) is 0 Å². The van der Waals surface area contributed by atoms with Crippen LogP contribution in [0.25, 0.3) is 0 Å². The van der Waals surface area contributed by atoms with Gasteiger partial charge in [0.25, 0.3) is 0 Å². The zero-order chi connectivity index (χ0) is 9.84. The molecule has 2 nitrogen and oxygen atoms in total. The molecule has 0 saturated heterocycles. The summed E-state index contributed by atoms with van der Waals surface area (Å²) in [5, 5.41) is 12.5. The number of hydrogen-bond donors (Lipinski definition) is 2. The quantitative estimate of drug-likeness (QED) is 0.702. The molecule has 1 aliphatic carbocycles. The van der Waals surface area contributed by atoms with E-state index in [1.807, 2.05) is 6.92 Å². The van der Waals surface area contributed by atoms with Gasteiger partial charge in [0, 0.05) is 12.1 Å². The summed E-state index contributed by atoms with van der Waals surface area (Å²) in [7, 11) is 0. The minimum atomic E-state index is 0.248. The van der Waals surface area contributed by atoms with Crippen LogP contribution in [0.1, 0.15) is 40.0 Å². The summed E-state index contributed by atoms with van der Waals surface area (Å²) < 4.78 is 0. The predicted octanol–water partition coefficient (Wildman–Crippen LogP) is 1.78. The lowest BCUT2D eigenvalue weighted by Crippen LogP contribution is -2.45. The van der Waals surface area contributed by atoms with Gasteiger partial charge in [-0.25, -0.2) is 0 Å². The van der Waals surface area contributed by atoms with E-state index in [1.165, 1.54) is 19.3 Å². The lowest BCUT2D eigenvalue weighted by atomic mass is 9.78. The van der Waals surface area contributed by atoms with E-state index in [0.29, 0.717) is 6.04 Å². The van der Waals surface area contributed by atoms with E-state index in [9.17, 15) is 0 Å². The molecular formula is C11H23NO. The minimum Gasteiger partial charge on any atom is -0.395 e. The van der Waals surface area contributed by atoms with Crippen molar-refractivity contribution in [2.24, 2.45) is 11.8 Å². The Balaban J connectivity index is 2.39. The van der Waals surface area contributed by atoms with E-state index in [0.717, 1.165) is 11.8 Å². The van der Waals surface area contributed by atoms with Crippen molar-refractivity contribution in [2.75, 3.05) is 6.61 Å². The van der Waals surface area contributed by atoms with Crippen LogP contribution in [0, 0.1) is 11.8 Å². The molecule has 0 aromatic carbocycles. The third-order valence-electron chi connectivity index (χ3n) is 3.48. The van der Waals surface area contributed by atoms with Crippen molar-refractivity contribution in [3.8, 4) is 0 Å². The Kier molecular flexibility index (Phi) is 4.20. The fourth-order valence-electron chi connectivity index (χ4n) is 2.24. The summed E-state index contributed by atoms with van der Waals surface area (Å²) in [5.74, 6) is 1.58. The maximum Gasteiger partial charge on any atom is 0.0582 e. The van der Waals surface area contributed by atoms with E-state index in [1.54, 1.807) is 0 Å². The maximum atomic E-state index is 8.96. The summed E-state index contributed by atoms with van der Waals surface area (Å²) in [6.07, 6.45) is 3.98. The number of aliphatic hydroxyl groups is 1. The highest BCUT2D eigenvalue weighted by molar-refractivity contribution is 4.83.